The summed E-state index contributed by atoms with van der Waals surface area (Å²) in [6.45, 7) is 5.58. The van der Waals surface area contributed by atoms with Gasteiger partial charge in [-0.1, -0.05) is 29.5 Å². The van der Waals surface area contributed by atoms with Crippen LogP contribution in [-0.4, -0.2) is 16.1 Å². The fourth-order valence-corrected chi connectivity index (χ4v) is 2.38. The molecule has 0 fully saturated rings. The van der Waals surface area contributed by atoms with Gasteiger partial charge in [0.2, 0.25) is 0 Å². The number of aryl methyl sites for hydroxylation is 2. The molecule has 1 aromatic heterocycles. The number of carbonyl (C=O) groups excluding carboxylic acids is 1. The second kappa shape index (κ2) is 6.05. The summed E-state index contributed by atoms with van der Waals surface area (Å²) in [5, 5.41) is 6.82. The zero-order valence-electron chi connectivity index (χ0n) is 12.1. The summed E-state index contributed by atoms with van der Waals surface area (Å²) < 4.78 is 5.12. The Morgan fingerprint density at radius 2 is 1.86 bits per heavy atom. The van der Waals surface area contributed by atoms with Crippen LogP contribution in [0.2, 0.25) is 0 Å². The molecule has 3 N–H and O–H groups in total. The van der Waals surface area contributed by atoms with Gasteiger partial charge in [-0.2, -0.15) is 0 Å². The number of nitrogens with two attached hydrogens (primary N) is 1. The predicted octanol–water partition coefficient (Wildman–Crippen LogP) is 2.42. The smallest absolute Gasteiger partial charge is 0.251 e. The molecular weight excluding hydrogens is 286 g/mol. The van der Waals surface area contributed by atoms with Crippen LogP contribution in [0.25, 0.3) is 0 Å². The molecule has 0 bridgehead atoms. The summed E-state index contributed by atoms with van der Waals surface area (Å²) in [6, 6.07) is 6.68. The van der Waals surface area contributed by atoms with Crippen LogP contribution in [0.15, 0.2) is 28.8 Å². The largest absolute Gasteiger partial charge is 0.389 e. The maximum Gasteiger partial charge on any atom is 0.251 e. The number of aromatic nitrogens is 1. The van der Waals surface area contributed by atoms with Crippen molar-refractivity contribution in [3.8, 4) is 0 Å². The van der Waals surface area contributed by atoms with Crippen LogP contribution in [0.4, 0.5) is 0 Å². The Morgan fingerprint density at radius 1 is 1.29 bits per heavy atom. The van der Waals surface area contributed by atoms with E-state index in [4.69, 9.17) is 22.5 Å². The third kappa shape index (κ3) is 3.28. The molecule has 1 atom stereocenters. The number of benzene rings is 1. The molecule has 0 aliphatic carbocycles. The maximum atomic E-state index is 12.2. The summed E-state index contributed by atoms with van der Waals surface area (Å²) >= 11 is 4.88. The average molecular weight is 303 g/mol. The summed E-state index contributed by atoms with van der Waals surface area (Å²) in [4.78, 5) is 12.5. The molecule has 2 rings (SSSR count). The van der Waals surface area contributed by atoms with Gasteiger partial charge in [-0.25, -0.2) is 0 Å². The van der Waals surface area contributed by atoms with Crippen LogP contribution >= 0.6 is 12.2 Å². The summed E-state index contributed by atoms with van der Waals surface area (Å²) in [5.74, 6) is 0.543. The Balaban J connectivity index is 2.12. The fourth-order valence-electron chi connectivity index (χ4n) is 2.25. The third-order valence-corrected chi connectivity index (χ3v) is 3.54. The lowest BCUT2D eigenvalue weighted by atomic mass is 10.1. The number of hydrogen-bond acceptors (Lipinski definition) is 4. The van der Waals surface area contributed by atoms with Gasteiger partial charge in [0, 0.05) is 16.7 Å². The summed E-state index contributed by atoms with van der Waals surface area (Å²) in [5.41, 5.74) is 8.50. The van der Waals surface area contributed by atoms with E-state index >= 15 is 0 Å². The topological polar surface area (TPSA) is 81.2 Å². The van der Waals surface area contributed by atoms with Crippen molar-refractivity contribution in [1.29, 1.82) is 0 Å². The van der Waals surface area contributed by atoms with E-state index in [-0.39, 0.29) is 11.9 Å². The highest BCUT2D eigenvalue weighted by molar-refractivity contribution is 7.80. The van der Waals surface area contributed by atoms with E-state index in [1.807, 2.05) is 20.8 Å². The van der Waals surface area contributed by atoms with E-state index in [0.717, 1.165) is 16.8 Å². The fraction of sp³-hybridized carbons (Fsp3) is 0.267. The van der Waals surface area contributed by atoms with Crippen molar-refractivity contribution in [1.82, 2.24) is 10.5 Å². The average Bonchev–Trinajstić information content (AvgIpc) is 2.78. The summed E-state index contributed by atoms with van der Waals surface area (Å²) in [7, 11) is 0. The van der Waals surface area contributed by atoms with Crippen molar-refractivity contribution in [2.24, 2.45) is 5.73 Å². The van der Waals surface area contributed by atoms with Crippen LogP contribution in [0.5, 0.6) is 0 Å². The van der Waals surface area contributed by atoms with Crippen LogP contribution < -0.4 is 11.1 Å². The van der Waals surface area contributed by atoms with Crippen molar-refractivity contribution in [3.05, 3.63) is 52.4 Å². The molecule has 1 aromatic carbocycles. The normalized spacial score (nSPS) is 12.0. The molecule has 0 saturated carbocycles. The SMILES string of the molecule is Cc1noc(C)c1C(C)NC(=O)c1ccc(C(N)=S)cc1. The van der Waals surface area contributed by atoms with E-state index in [9.17, 15) is 4.79 Å². The number of nitrogens with zero attached hydrogens (tertiary/aromatic N) is 1. The zero-order valence-corrected chi connectivity index (χ0v) is 13.0. The quantitative estimate of drug-likeness (QED) is 0.848. The van der Waals surface area contributed by atoms with E-state index < -0.39 is 0 Å². The van der Waals surface area contributed by atoms with Gasteiger partial charge in [-0.05, 0) is 32.9 Å². The lowest BCUT2D eigenvalue weighted by Gasteiger charge is -2.14. The first-order chi connectivity index (χ1) is 9.90. The van der Waals surface area contributed by atoms with Gasteiger partial charge in [-0.15, -0.1) is 0 Å². The van der Waals surface area contributed by atoms with Gasteiger partial charge in [0.15, 0.2) is 0 Å². The molecule has 0 saturated heterocycles. The minimum atomic E-state index is -0.181. The molecule has 1 amide bonds. The van der Waals surface area contributed by atoms with Crippen molar-refractivity contribution >= 4 is 23.1 Å². The summed E-state index contributed by atoms with van der Waals surface area (Å²) in [6.07, 6.45) is 0. The minimum Gasteiger partial charge on any atom is -0.389 e. The van der Waals surface area contributed by atoms with Gasteiger partial charge in [0.1, 0.15) is 10.7 Å². The van der Waals surface area contributed by atoms with E-state index in [0.29, 0.717) is 16.3 Å². The first-order valence-electron chi connectivity index (χ1n) is 6.53. The lowest BCUT2D eigenvalue weighted by Crippen LogP contribution is -2.27. The highest BCUT2D eigenvalue weighted by atomic mass is 32.1. The number of nitrogens with one attached hydrogen (secondary N) is 1. The monoisotopic (exact) mass is 303 g/mol. The molecule has 1 heterocycles. The first-order valence-corrected chi connectivity index (χ1v) is 6.94. The van der Waals surface area contributed by atoms with Crippen LogP contribution in [0.1, 0.15) is 45.9 Å². The zero-order chi connectivity index (χ0) is 15.6. The van der Waals surface area contributed by atoms with E-state index in [1.54, 1.807) is 24.3 Å². The second-order valence-electron chi connectivity index (χ2n) is 4.87. The van der Waals surface area contributed by atoms with Crippen LogP contribution in [0.3, 0.4) is 0 Å². The van der Waals surface area contributed by atoms with Gasteiger partial charge in [0.05, 0.1) is 11.7 Å². The molecule has 5 nitrogen and oxygen atoms in total. The lowest BCUT2D eigenvalue weighted by molar-refractivity contribution is 0.0939. The molecule has 6 heteroatoms. The number of rotatable bonds is 4. The van der Waals surface area contributed by atoms with Gasteiger partial charge in [0.25, 0.3) is 5.91 Å². The maximum absolute atomic E-state index is 12.2. The Kier molecular flexibility index (Phi) is 4.37. The molecule has 110 valence electrons. The number of amides is 1. The van der Waals surface area contributed by atoms with E-state index in [1.165, 1.54) is 0 Å². The molecule has 1 unspecified atom stereocenters. The van der Waals surface area contributed by atoms with Gasteiger partial charge >= 0.3 is 0 Å². The minimum absolute atomic E-state index is 0.169. The molecular formula is C15H17N3O2S. The van der Waals surface area contributed by atoms with Crippen molar-refractivity contribution in [2.75, 3.05) is 0 Å². The van der Waals surface area contributed by atoms with Crippen LogP contribution in [0, 0.1) is 13.8 Å². The standard InChI is InChI=1S/C15H17N3O2S/c1-8(13-9(2)18-20-10(13)3)17-15(19)12-6-4-11(5-7-12)14(16)21/h4-8H,1-3H3,(H2,16,21)(H,17,19). The molecule has 0 aliphatic rings. The van der Waals surface area contributed by atoms with Gasteiger partial charge < -0.3 is 15.6 Å². The molecule has 21 heavy (non-hydrogen) atoms. The molecule has 0 spiro atoms. The molecule has 0 radical (unpaired) electrons. The first kappa shape index (κ1) is 15.2. The third-order valence-electron chi connectivity index (χ3n) is 3.30. The molecule has 2 aromatic rings. The van der Waals surface area contributed by atoms with Crippen LogP contribution in [-0.2, 0) is 0 Å². The molecule has 0 aliphatic heterocycles. The van der Waals surface area contributed by atoms with Crippen molar-refractivity contribution < 1.29 is 9.32 Å². The number of carbonyl (C=O) groups is 1. The Morgan fingerprint density at radius 3 is 2.33 bits per heavy atom. The Bertz CT molecular complexity index is 657. The highest BCUT2D eigenvalue weighted by Gasteiger charge is 2.18. The number of hydrogen-bond donors (Lipinski definition) is 2. The second-order valence-corrected chi connectivity index (χ2v) is 5.31. The van der Waals surface area contributed by atoms with Gasteiger partial charge in [-0.3, -0.25) is 4.79 Å². The Labute approximate surface area is 128 Å². The van der Waals surface area contributed by atoms with E-state index in [2.05, 4.69) is 10.5 Å². The van der Waals surface area contributed by atoms with Crippen molar-refractivity contribution in [3.63, 3.8) is 0 Å². The highest BCUT2D eigenvalue weighted by Crippen LogP contribution is 2.21. The predicted molar refractivity (Wildman–Crippen MR) is 84.2 cm³/mol. The number of thiocarbonyl (C=S) groups is 1. The Hall–Kier alpha value is -2.21. The van der Waals surface area contributed by atoms with Crippen molar-refractivity contribution in [2.45, 2.75) is 26.8 Å².